The van der Waals surface area contributed by atoms with Crippen LogP contribution in [0, 0.1) is 12.8 Å². The first-order valence-corrected chi connectivity index (χ1v) is 7.87. The Morgan fingerprint density at radius 2 is 2.17 bits per heavy atom. The van der Waals surface area contributed by atoms with Crippen molar-refractivity contribution in [2.45, 2.75) is 40.0 Å². The molecule has 6 heteroatoms. The largest absolute Gasteiger partial charge is 0.427 e. The Morgan fingerprint density at radius 3 is 2.78 bits per heavy atom. The number of hydrogen-bond acceptors (Lipinski definition) is 4. The maximum absolute atomic E-state index is 12.2. The predicted molar refractivity (Wildman–Crippen MR) is 87.5 cm³/mol. The molecule has 0 fully saturated rings. The summed E-state index contributed by atoms with van der Waals surface area (Å²) in [5, 5.41) is 2.73. The molecule has 0 atom stereocenters. The lowest BCUT2D eigenvalue weighted by molar-refractivity contribution is 0.0949. The number of aryl methyl sites for hydroxylation is 2. The summed E-state index contributed by atoms with van der Waals surface area (Å²) in [6.45, 7) is 6.40. The zero-order valence-corrected chi connectivity index (χ0v) is 13.8. The molecule has 0 aliphatic rings. The van der Waals surface area contributed by atoms with E-state index in [1.807, 2.05) is 0 Å². The van der Waals surface area contributed by atoms with E-state index in [0.717, 1.165) is 12.2 Å². The summed E-state index contributed by atoms with van der Waals surface area (Å²) in [6.07, 6.45) is 5.61. The van der Waals surface area contributed by atoms with Gasteiger partial charge < -0.3 is 14.7 Å². The summed E-state index contributed by atoms with van der Waals surface area (Å²) in [6, 6.07) is 1.78. The molecule has 0 bridgehead atoms. The molecule has 0 unspecified atom stereocenters. The number of imidazole rings is 1. The summed E-state index contributed by atoms with van der Waals surface area (Å²) in [4.78, 5) is 31.3. The van der Waals surface area contributed by atoms with E-state index in [4.69, 9.17) is 4.42 Å². The summed E-state index contributed by atoms with van der Waals surface area (Å²) >= 11 is 0. The number of hydrogen-bond donors (Lipinski definition) is 2. The molecule has 124 valence electrons. The van der Waals surface area contributed by atoms with Crippen molar-refractivity contribution in [3.05, 3.63) is 51.6 Å². The monoisotopic (exact) mass is 317 g/mol. The van der Waals surface area contributed by atoms with Gasteiger partial charge in [-0.25, -0.2) is 9.78 Å². The predicted octanol–water partition coefficient (Wildman–Crippen LogP) is 2.23. The van der Waals surface area contributed by atoms with Crippen LogP contribution in [0.25, 0.3) is 0 Å². The number of carbonyl (C=O) groups excluding carboxylic acids is 1. The number of aromatic nitrogens is 2. The summed E-state index contributed by atoms with van der Waals surface area (Å²) in [5.74, 6) is 1.55. The lowest BCUT2D eigenvalue weighted by Crippen LogP contribution is -2.31. The van der Waals surface area contributed by atoms with Gasteiger partial charge in [0, 0.05) is 31.8 Å². The van der Waals surface area contributed by atoms with Gasteiger partial charge in [0.15, 0.2) is 0 Å². The quantitative estimate of drug-likeness (QED) is 0.819. The summed E-state index contributed by atoms with van der Waals surface area (Å²) < 4.78 is 5.28. The first kappa shape index (κ1) is 17.0. The van der Waals surface area contributed by atoms with Gasteiger partial charge in [-0.3, -0.25) is 4.79 Å². The minimum Gasteiger partial charge on any atom is -0.427 e. The van der Waals surface area contributed by atoms with Crippen LogP contribution in [0.15, 0.2) is 27.7 Å². The van der Waals surface area contributed by atoms with Crippen LogP contribution in [0.4, 0.5) is 0 Å². The van der Waals surface area contributed by atoms with Crippen molar-refractivity contribution < 1.29 is 9.21 Å². The molecule has 2 N–H and O–H groups in total. The molecular formula is C17H23N3O3. The van der Waals surface area contributed by atoms with Crippen molar-refractivity contribution in [2.24, 2.45) is 5.92 Å². The fraction of sp³-hybridized carbons (Fsp3) is 0.471. The van der Waals surface area contributed by atoms with Crippen LogP contribution >= 0.6 is 0 Å². The molecule has 0 spiro atoms. The van der Waals surface area contributed by atoms with Gasteiger partial charge in [0.25, 0.3) is 5.91 Å². The van der Waals surface area contributed by atoms with Gasteiger partial charge in [-0.1, -0.05) is 13.8 Å². The molecular weight excluding hydrogens is 294 g/mol. The third kappa shape index (κ3) is 4.81. The maximum atomic E-state index is 12.2. The molecule has 0 aliphatic carbocycles. The molecule has 0 aliphatic heterocycles. The van der Waals surface area contributed by atoms with E-state index < -0.39 is 11.5 Å². The second-order valence-electron chi connectivity index (χ2n) is 6.03. The van der Waals surface area contributed by atoms with Crippen molar-refractivity contribution in [3.63, 3.8) is 0 Å². The van der Waals surface area contributed by atoms with Crippen LogP contribution in [-0.4, -0.2) is 22.4 Å². The van der Waals surface area contributed by atoms with E-state index in [0.29, 0.717) is 36.6 Å². The Kier molecular flexibility index (Phi) is 5.73. The minimum absolute atomic E-state index is 0.0812. The molecule has 0 radical (unpaired) electrons. The Morgan fingerprint density at radius 1 is 1.39 bits per heavy atom. The number of carbonyl (C=O) groups is 1. The van der Waals surface area contributed by atoms with Gasteiger partial charge in [-0.05, 0) is 30.9 Å². The minimum atomic E-state index is -0.570. The summed E-state index contributed by atoms with van der Waals surface area (Å²) in [5.41, 5.74) is 0.160. The number of H-pyrrole nitrogens is 1. The zero-order valence-electron chi connectivity index (χ0n) is 13.8. The van der Waals surface area contributed by atoms with Gasteiger partial charge >= 0.3 is 5.63 Å². The van der Waals surface area contributed by atoms with Gasteiger partial charge in [-0.2, -0.15) is 0 Å². The average molecular weight is 317 g/mol. The Hall–Kier alpha value is -2.37. The highest BCUT2D eigenvalue weighted by atomic mass is 16.4. The van der Waals surface area contributed by atoms with E-state index in [2.05, 4.69) is 29.1 Å². The number of rotatable bonds is 7. The molecule has 0 saturated heterocycles. The van der Waals surface area contributed by atoms with E-state index in [9.17, 15) is 9.59 Å². The topological polar surface area (TPSA) is 88.0 Å². The number of aromatic amines is 1. The first-order valence-electron chi connectivity index (χ1n) is 7.87. The highest BCUT2D eigenvalue weighted by molar-refractivity contribution is 5.95. The third-order valence-corrected chi connectivity index (χ3v) is 3.60. The summed E-state index contributed by atoms with van der Waals surface area (Å²) in [7, 11) is 0. The number of amides is 1. The van der Waals surface area contributed by atoms with Crippen molar-refractivity contribution >= 4 is 5.91 Å². The van der Waals surface area contributed by atoms with Crippen molar-refractivity contribution in [1.82, 2.24) is 15.3 Å². The van der Waals surface area contributed by atoms with E-state index >= 15 is 0 Å². The third-order valence-electron chi connectivity index (χ3n) is 3.60. The molecule has 1 amide bonds. The SMILES string of the molecule is Cc1cc(CCC(C)C)oc(=O)c1C(=O)NCCc1ncc[nH]1. The van der Waals surface area contributed by atoms with Gasteiger partial charge in [-0.15, -0.1) is 0 Å². The van der Waals surface area contributed by atoms with Crippen molar-refractivity contribution in [1.29, 1.82) is 0 Å². The average Bonchev–Trinajstić information content (AvgIpc) is 2.97. The lowest BCUT2D eigenvalue weighted by Gasteiger charge is -2.08. The molecule has 2 aromatic heterocycles. The smallest absolute Gasteiger partial charge is 0.349 e. The van der Waals surface area contributed by atoms with Crippen molar-refractivity contribution in [2.75, 3.05) is 6.54 Å². The highest BCUT2D eigenvalue weighted by Gasteiger charge is 2.16. The molecule has 2 rings (SSSR count). The van der Waals surface area contributed by atoms with Gasteiger partial charge in [0.2, 0.25) is 0 Å². The fourth-order valence-corrected chi connectivity index (χ4v) is 2.32. The fourth-order valence-electron chi connectivity index (χ4n) is 2.32. The molecule has 0 aromatic carbocycles. The van der Waals surface area contributed by atoms with E-state index in [-0.39, 0.29) is 5.56 Å². The van der Waals surface area contributed by atoms with Crippen LogP contribution < -0.4 is 10.9 Å². The number of nitrogens with one attached hydrogen (secondary N) is 2. The zero-order chi connectivity index (χ0) is 16.8. The standard InChI is InChI=1S/C17H23N3O3/c1-11(2)4-5-13-10-12(3)15(17(22)23-13)16(21)20-7-6-14-18-8-9-19-14/h8-11H,4-7H2,1-3H3,(H,18,19)(H,20,21). The normalized spacial score (nSPS) is 11.0. The Labute approximate surface area is 135 Å². The maximum Gasteiger partial charge on any atom is 0.349 e. The highest BCUT2D eigenvalue weighted by Crippen LogP contribution is 2.11. The molecule has 2 heterocycles. The molecule has 6 nitrogen and oxygen atoms in total. The Bertz CT molecular complexity index is 702. The lowest BCUT2D eigenvalue weighted by atomic mass is 10.0. The molecule has 23 heavy (non-hydrogen) atoms. The van der Waals surface area contributed by atoms with Gasteiger partial charge in [0.1, 0.15) is 17.1 Å². The van der Waals surface area contributed by atoms with E-state index in [1.165, 1.54) is 0 Å². The second-order valence-corrected chi connectivity index (χ2v) is 6.03. The van der Waals surface area contributed by atoms with Crippen LogP contribution in [0.1, 0.15) is 47.8 Å². The second kappa shape index (κ2) is 7.76. The molecule has 0 saturated carbocycles. The van der Waals surface area contributed by atoms with Crippen LogP contribution in [0.3, 0.4) is 0 Å². The van der Waals surface area contributed by atoms with Crippen LogP contribution in [-0.2, 0) is 12.8 Å². The van der Waals surface area contributed by atoms with Crippen molar-refractivity contribution in [3.8, 4) is 0 Å². The van der Waals surface area contributed by atoms with Crippen LogP contribution in [0.5, 0.6) is 0 Å². The first-order chi connectivity index (χ1) is 11.0. The Balaban J connectivity index is 2.00. The molecule has 2 aromatic rings. The van der Waals surface area contributed by atoms with E-state index in [1.54, 1.807) is 25.4 Å². The van der Waals surface area contributed by atoms with Gasteiger partial charge in [0.05, 0.1) is 0 Å². The van der Waals surface area contributed by atoms with Crippen LogP contribution in [0.2, 0.25) is 0 Å². The number of nitrogens with zero attached hydrogens (tertiary/aromatic N) is 1.